The third-order valence-electron chi connectivity index (χ3n) is 2.54. The molecule has 0 aliphatic rings. The van der Waals surface area contributed by atoms with Crippen LogP contribution in [0.1, 0.15) is 26.7 Å². The Labute approximate surface area is 129 Å². The first-order chi connectivity index (χ1) is 10.6. The molecule has 0 radical (unpaired) electrons. The summed E-state index contributed by atoms with van der Waals surface area (Å²) in [7, 11) is 1.53. The van der Waals surface area contributed by atoms with Gasteiger partial charge in [-0.3, -0.25) is 9.59 Å². The zero-order valence-corrected chi connectivity index (χ0v) is 13.0. The largest absolute Gasteiger partial charge is 0.495 e. The summed E-state index contributed by atoms with van der Waals surface area (Å²) in [6, 6.07) is 3.33. The molecule has 0 saturated heterocycles. The van der Waals surface area contributed by atoms with Crippen molar-refractivity contribution in [2.24, 2.45) is 4.99 Å². The maximum absolute atomic E-state index is 11.6. The summed E-state index contributed by atoms with van der Waals surface area (Å²) in [4.78, 5) is 31.5. The molecule has 0 spiro atoms. The fraction of sp³-hybridized carbons (Fsp3) is 0.467. The molecular formula is C15H20N2O5. The average molecular weight is 308 g/mol. The lowest BCUT2D eigenvalue weighted by molar-refractivity contribution is -0.141. The quantitative estimate of drug-likeness (QED) is 0.539. The van der Waals surface area contributed by atoms with Gasteiger partial charge in [-0.05, 0) is 26.0 Å². The molecule has 0 N–H and O–H groups in total. The van der Waals surface area contributed by atoms with E-state index in [2.05, 4.69) is 9.98 Å². The van der Waals surface area contributed by atoms with Gasteiger partial charge in [0.15, 0.2) is 5.82 Å². The third kappa shape index (κ3) is 6.34. The lowest BCUT2D eigenvalue weighted by Crippen LogP contribution is -2.16. The number of aromatic nitrogens is 1. The Morgan fingerprint density at radius 2 is 1.68 bits per heavy atom. The molecule has 0 saturated carbocycles. The predicted molar refractivity (Wildman–Crippen MR) is 80.4 cm³/mol. The summed E-state index contributed by atoms with van der Waals surface area (Å²) in [5.41, 5.74) is 0.342. The van der Waals surface area contributed by atoms with E-state index in [0.717, 1.165) is 0 Å². The second kappa shape index (κ2) is 9.49. The minimum atomic E-state index is -0.445. The smallest absolute Gasteiger partial charge is 0.311 e. The van der Waals surface area contributed by atoms with Crippen LogP contribution in [0.15, 0.2) is 23.3 Å². The van der Waals surface area contributed by atoms with E-state index < -0.39 is 11.9 Å². The number of hydrogen-bond acceptors (Lipinski definition) is 7. The van der Waals surface area contributed by atoms with E-state index in [4.69, 9.17) is 14.2 Å². The van der Waals surface area contributed by atoms with E-state index >= 15 is 0 Å². The van der Waals surface area contributed by atoms with Crippen molar-refractivity contribution < 1.29 is 23.8 Å². The van der Waals surface area contributed by atoms with E-state index in [0.29, 0.717) is 17.3 Å². The number of esters is 2. The van der Waals surface area contributed by atoms with E-state index in [1.165, 1.54) is 13.3 Å². The van der Waals surface area contributed by atoms with Crippen molar-refractivity contribution in [1.29, 1.82) is 0 Å². The number of pyridine rings is 1. The van der Waals surface area contributed by atoms with Crippen LogP contribution in [0.25, 0.3) is 0 Å². The van der Waals surface area contributed by atoms with Crippen molar-refractivity contribution in [3.8, 4) is 5.75 Å². The van der Waals surface area contributed by atoms with Gasteiger partial charge in [-0.2, -0.15) is 0 Å². The standard InChI is InChI=1S/C15H20N2O5/c1-4-21-14(18)8-11(9-15(19)22-5-2)17-13-7-6-12(20-3)10-16-13/h6-7,10H,4-5,8-9H2,1-3H3. The minimum absolute atomic E-state index is 0.0830. The Morgan fingerprint density at radius 3 is 2.09 bits per heavy atom. The fourth-order valence-corrected chi connectivity index (χ4v) is 1.62. The van der Waals surface area contributed by atoms with Gasteiger partial charge in [0.1, 0.15) is 5.75 Å². The number of carbonyl (C=O) groups is 2. The highest BCUT2D eigenvalue weighted by atomic mass is 16.5. The maximum Gasteiger partial charge on any atom is 0.311 e. The first-order valence-electron chi connectivity index (χ1n) is 6.96. The van der Waals surface area contributed by atoms with Crippen molar-refractivity contribution in [2.75, 3.05) is 20.3 Å². The molecule has 1 aromatic heterocycles. The Balaban J connectivity index is 2.87. The Hall–Kier alpha value is -2.44. The molecule has 7 heteroatoms. The van der Waals surface area contributed by atoms with E-state index in [9.17, 15) is 9.59 Å². The van der Waals surface area contributed by atoms with Crippen LogP contribution in [-0.2, 0) is 19.1 Å². The number of nitrogens with zero attached hydrogens (tertiary/aromatic N) is 2. The summed E-state index contributed by atoms with van der Waals surface area (Å²) in [6.07, 6.45) is 1.34. The van der Waals surface area contributed by atoms with Crippen LogP contribution >= 0.6 is 0 Å². The maximum atomic E-state index is 11.6. The van der Waals surface area contributed by atoms with E-state index in [-0.39, 0.29) is 26.1 Å². The molecule has 1 aromatic rings. The molecule has 0 aliphatic carbocycles. The van der Waals surface area contributed by atoms with E-state index in [1.54, 1.807) is 26.0 Å². The van der Waals surface area contributed by atoms with Crippen LogP contribution in [0, 0.1) is 0 Å². The summed E-state index contributed by atoms with van der Waals surface area (Å²) < 4.78 is 14.8. The summed E-state index contributed by atoms with van der Waals surface area (Å²) in [5.74, 6) is 0.0822. The van der Waals surface area contributed by atoms with Gasteiger partial charge in [-0.25, -0.2) is 9.98 Å². The Bertz CT molecular complexity index is 503. The SMILES string of the molecule is CCOC(=O)CC(CC(=O)OCC)=Nc1ccc(OC)cn1. The zero-order valence-electron chi connectivity index (χ0n) is 13.0. The summed E-state index contributed by atoms with van der Waals surface area (Å²) in [6.45, 7) is 3.97. The third-order valence-corrected chi connectivity index (χ3v) is 2.54. The molecule has 0 aromatic carbocycles. The molecule has 0 unspecified atom stereocenters. The molecular weight excluding hydrogens is 288 g/mol. The molecule has 0 amide bonds. The van der Waals surface area contributed by atoms with Crippen LogP contribution in [0.2, 0.25) is 0 Å². The minimum Gasteiger partial charge on any atom is -0.495 e. The van der Waals surface area contributed by atoms with Crippen LogP contribution in [0.5, 0.6) is 5.75 Å². The number of aliphatic imine (C=N–C) groups is 1. The number of carbonyl (C=O) groups excluding carboxylic acids is 2. The van der Waals surface area contributed by atoms with Crippen LogP contribution in [0.3, 0.4) is 0 Å². The lowest BCUT2D eigenvalue weighted by Gasteiger charge is -2.07. The fourth-order valence-electron chi connectivity index (χ4n) is 1.62. The number of ether oxygens (including phenoxy) is 3. The van der Waals surface area contributed by atoms with Crippen LogP contribution < -0.4 is 4.74 Å². The number of methoxy groups -OCH3 is 1. The average Bonchev–Trinajstić information content (AvgIpc) is 2.48. The first-order valence-corrected chi connectivity index (χ1v) is 6.96. The van der Waals surface area contributed by atoms with Gasteiger partial charge in [0, 0.05) is 5.71 Å². The molecule has 0 bridgehead atoms. The van der Waals surface area contributed by atoms with Gasteiger partial charge in [-0.1, -0.05) is 0 Å². The van der Waals surface area contributed by atoms with Gasteiger partial charge >= 0.3 is 11.9 Å². The number of hydrogen-bond donors (Lipinski definition) is 0. The predicted octanol–water partition coefficient (Wildman–Crippen LogP) is 2.07. The molecule has 22 heavy (non-hydrogen) atoms. The zero-order chi connectivity index (χ0) is 16.4. The molecule has 1 heterocycles. The highest BCUT2D eigenvalue weighted by molar-refractivity contribution is 6.07. The van der Waals surface area contributed by atoms with Gasteiger partial charge in [0.25, 0.3) is 0 Å². The monoisotopic (exact) mass is 308 g/mol. The van der Waals surface area contributed by atoms with Crippen molar-refractivity contribution in [1.82, 2.24) is 4.98 Å². The van der Waals surface area contributed by atoms with Crippen LogP contribution in [-0.4, -0.2) is 43.0 Å². The summed E-state index contributed by atoms with van der Waals surface area (Å²) in [5, 5.41) is 0. The Kier molecular flexibility index (Phi) is 7.60. The van der Waals surface area contributed by atoms with Crippen molar-refractivity contribution in [3.63, 3.8) is 0 Å². The Morgan fingerprint density at radius 1 is 1.09 bits per heavy atom. The normalized spacial score (nSPS) is 9.77. The van der Waals surface area contributed by atoms with Gasteiger partial charge in [-0.15, -0.1) is 0 Å². The first kappa shape index (κ1) is 17.6. The molecule has 1 rings (SSSR count). The van der Waals surface area contributed by atoms with Gasteiger partial charge in [0.2, 0.25) is 0 Å². The molecule has 120 valence electrons. The highest BCUT2D eigenvalue weighted by Gasteiger charge is 2.14. The van der Waals surface area contributed by atoms with Crippen molar-refractivity contribution >= 4 is 23.5 Å². The topological polar surface area (TPSA) is 87.1 Å². The summed E-state index contributed by atoms with van der Waals surface area (Å²) >= 11 is 0. The highest BCUT2D eigenvalue weighted by Crippen LogP contribution is 2.15. The van der Waals surface area contributed by atoms with E-state index in [1.807, 2.05) is 0 Å². The van der Waals surface area contributed by atoms with Gasteiger partial charge in [0.05, 0.1) is 39.4 Å². The molecule has 7 nitrogen and oxygen atoms in total. The second-order valence-corrected chi connectivity index (χ2v) is 4.20. The number of rotatable bonds is 8. The molecule has 0 aliphatic heterocycles. The lowest BCUT2D eigenvalue weighted by atomic mass is 10.2. The van der Waals surface area contributed by atoms with Crippen molar-refractivity contribution in [2.45, 2.75) is 26.7 Å². The van der Waals surface area contributed by atoms with Gasteiger partial charge < -0.3 is 14.2 Å². The van der Waals surface area contributed by atoms with Crippen LogP contribution in [0.4, 0.5) is 5.82 Å². The molecule has 0 fully saturated rings. The van der Waals surface area contributed by atoms with Crippen molar-refractivity contribution in [3.05, 3.63) is 18.3 Å². The molecule has 0 atom stereocenters. The second-order valence-electron chi connectivity index (χ2n) is 4.20.